The number of thiazole rings is 1. The summed E-state index contributed by atoms with van der Waals surface area (Å²) in [7, 11) is 0. The van der Waals surface area contributed by atoms with Crippen LogP contribution in [0.3, 0.4) is 0 Å². The zero-order chi connectivity index (χ0) is 17.1. The Morgan fingerprint density at radius 3 is 3.04 bits per heavy atom. The third-order valence-electron chi connectivity index (χ3n) is 4.60. The maximum absolute atomic E-state index is 13.4. The van der Waals surface area contributed by atoms with E-state index in [-0.39, 0.29) is 28.9 Å². The fourth-order valence-electron chi connectivity index (χ4n) is 3.36. The molecule has 2 aliphatic heterocycles. The van der Waals surface area contributed by atoms with Crippen molar-refractivity contribution in [2.75, 3.05) is 5.32 Å². The lowest BCUT2D eigenvalue weighted by atomic mass is 10.1. The Labute approximate surface area is 150 Å². The van der Waals surface area contributed by atoms with Gasteiger partial charge in [0.05, 0.1) is 16.3 Å². The molecule has 2 atom stereocenters. The van der Waals surface area contributed by atoms with Gasteiger partial charge in [0.15, 0.2) is 5.13 Å². The summed E-state index contributed by atoms with van der Waals surface area (Å²) in [5.74, 6) is -0.282. The average Bonchev–Trinajstić information content (AvgIpc) is 3.07. The highest BCUT2D eigenvalue weighted by Gasteiger charge is 2.51. The Hall–Kier alpha value is -2.19. The molecule has 5 nitrogen and oxygen atoms in total. The van der Waals surface area contributed by atoms with Gasteiger partial charge in [-0.15, -0.1) is 0 Å². The number of aromatic nitrogens is 1. The van der Waals surface area contributed by atoms with Crippen LogP contribution >= 0.6 is 23.3 Å². The molecule has 2 aromatic carbocycles. The van der Waals surface area contributed by atoms with E-state index in [0.717, 1.165) is 27.4 Å². The molecular weight excluding hydrogens is 361 g/mol. The summed E-state index contributed by atoms with van der Waals surface area (Å²) in [6.07, 6.45) is 1.26. The van der Waals surface area contributed by atoms with Gasteiger partial charge in [-0.1, -0.05) is 17.4 Å². The van der Waals surface area contributed by atoms with Gasteiger partial charge >= 0.3 is 0 Å². The van der Waals surface area contributed by atoms with Crippen molar-refractivity contribution in [3.63, 3.8) is 0 Å². The number of hydrogen-bond donors (Lipinski definition) is 1. The molecule has 3 aromatic rings. The first-order valence-corrected chi connectivity index (χ1v) is 9.54. The molecule has 25 heavy (non-hydrogen) atoms. The van der Waals surface area contributed by atoms with Crippen LogP contribution in [0.2, 0.25) is 0 Å². The van der Waals surface area contributed by atoms with Gasteiger partial charge in [-0.2, -0.15) is 0 Å². The number of carbonyl (C=O) groups excluding carboxylic acids is 2. The standard InChI is InChI=1S/C17H12FN3O2S2/c18-9-2-3-10-8(7-9)1-4-11-14(10)24-17(19-11)20-16(23)15-12-5-6-13(22)21(12)25-15/h1-4,7,12,15H,5-6H2,(H,19,20,23)/t12?,15-/m0/s1. The smallest absolute Gasteiger partial charge is 0.243 e. The van der Waals surface area contributed by atoms with Crippen LogP contribution in [-0.2, 0) is 9.59 Å². The number of amides is 2. The first-order chi connectivity index (χ1) is 12.1. The molecule has 0 saturated carbocycles. The molecule has 8 heteroatoms. The van der Waals surface area contributed by atoms with Crippen LogP contribution in [0.4, 0.5) is 9.52 Å². The topological polar surface area (TPSA) is 62.3 Å². The van der Waals surface area contributed by atoms with E-state index in [4.69, 9.17) is 0 Å². The van der Waals surface area contributed by atoms with Crippen molar-refractivity contribution < 1.29 is 14.0 Å². The van der Waals surface area contributed by atoms with Crippen LogP contribution in [0.15, 0.2) is 30.3 Å². The maximum Gasteiger partial charge on any atom is 0.243 e. The molecule has 1 unspecified atom stereocenters. The molecule has 3 heterocycles. The van der Waals surface area contributed by atoms with Crippen LogP contribution in [0.25, 0.3) is 21.0 Å². The number of fused-ring (bicyclic) bond motifs is 4. The number of anilines is 1. The van der Waals surface area contributed by atoms with Crippen LogP contribution in [-0.4, -0.2) is 32.4 Å². The summed E-state index contributed by atoms with van der Waals surface area (Å²) in [6, 6.07) is 8.32. The van der Waals surface area contributed by atoms with Crippen molar-refractivity contribution in [1.82, 2.24) is 9.29 Å². The summed E-state index contributed by atoms with van der Waals surface area (Å²) in [4.78, 5) is 28.5. The van der Waals surface area contributed by atoms with E-state index in [1.807, 2.05) is 12.1 Å². The van der Waals surface area contributed by atoms with Crippen molar-refractivity contribution in [2.24, 2.45) is 0 Å². The van der Waals surface area contributed by atoms with Gasteiger partial charge in [-0.25, -0.2) is 9.37 Å². The molecular formula is C17H12FN3O2S2. The van der Waals surface area contributed by atoms with Gasteiger partial charge in [0.25, 0.3) is 0 Å². The fraction of sp³-hybridized carbons (Fsp3) is 0.235. The Kier molecular flexibility index (Phi) is 3.26. The quantitative estimate of drug-likeness (QED) is 0.698. The van der Waals surface area contributed by atoms with Gasteiger partial charge in [-0.3, -0.25) is 13.9 Å². The third kappa shape index (κ3) is 2.31. The molecule has 2 saturated heterocycles. The highest BCUT2D eigenvalue weighted by molar-refractivity contribution is 8.00. The van der Waals surface area contributed by atoms with E-state index in [2.05, 4.69) is 10.3 Å². The van der Waals surface area contributed by atoms with Gasteiger partial charge < -0.3 is 5.32 Å². The summed E-state index contributed by atoms with van der Waals surface area (Å²) < 4.78 is 16.0. The summed E-state index contributed by atoms with van der Waals surface area (Å²) in [5.41, 5.74) is 0.776. The summed E-state index contributed by atoms with van der Waals surface area (Å²) in [6.45, 7) is 0. The molecule has 2 fully saturated rings. The lowest BCUT2D eigenvalue weighted by Crippen LogP contribution is -2.52. The van der Waals surface area contributed by atoms with Crippen molar-refractivity contribution in [3.05, 3.63) is 36.1 Å². The van der Waals surface area contributed by atoms with Crippen LogP contribution in [0.1, 0.15) is 12.8 Å². The van der Waals surface area contributed by atoms with Crippen LogP contribution in [0, 0.1) is 5.82 Å². The number of nitrogens with zero attached hydrogens (tertiary/aromatic N) is 2. The first-order valence-electron chi connectivity index (χ1n) is 7.89. The van der Waals surface area contributed by atoms with E-state index in [1.54, 1.807) is 10.4 Å². The number of nitrogens with one attached hydrogen (secondary N) is 1. The summed E-state index contributed by atoms with van der Waals surface area (Å²) >= 11 is 2.68. The Morgan fingerprint density at radius 1 is 1.32 bits per heavy atom. The SMILES string of the molecule is O=C(Nc1nc2ccc3cc(F)ccc3c2s1)[C@H]1SN2C(=O)CCC12. The van der Waals surface area contributed by atoms with E-state index >= 15 is 0 Å². The lowest BCUT2D eigenvalue weighted by molar-refractivity contribution is -0.125. The minimum atomic E-state index is -0.275. The van der Waals surface area contributed by atoms with Gasteiger partial charge in [0.1, 0.15) is 11.1 Å². The van der Waals surface area contributed by atoms with Gasteiger partial charge in [0.2, 0.25) is 11.8 Å². The molecule has 0 radical (unpaired) electrons. The number of carbonyl (C=O) groups is 2. The molecule has 1 aromatic heterocycles. The van der Waals surface area contributed by atoms with Gasteiger partial charge in [0, 0.05) is 11.8 Å². The van der Waals surface area contributed by atoms with Crippen molar-refractivity contribution >= 4 is 61.2 Å². The number of rotatable bonds is 2. The zero-order valence-corrected chi connectivity index (χ0v) is 14.5. The second-order valence-corrected chi connectivity index (χ2v) is 8.25. The molecule has 0 spiro atoms. The fourth-order valence-corrected chi connectivity index (χ4v) is 5.56. The molecule has 126 valence electrons. The van der Waals surface area contributed by atoms with Crippen molar-refractivity contribution in [1.29, 1.82) is 0 Å². The molecule has 2 aliphatic rings. The minimum Gasteiger partial charge on any atom is -0.301 e. The van der Waals surface area contributed by atoms with Crippen LogP contribution < -0.4 is 5.32 Å². The Balaban J connectivity index is 1.43. The zero-order valence-electron chi connectivity index (χ0n) is 12.9. The van der Waals surface area contributed by atoms with Crippen molar-refractivity contribution in [3.8, 4) is 0 Å². The Bertz CT molecular complexity index is 1050. The lowest BCUT2D eigenvalue weighted by Gasteiger charge is -2.40. The van der Waals surface area contributed by atoms with Crippen molar-refractivity contribution in [2.45, 2.75) is 24.1 Å². The molecule has 1 N–H and O–H groups in total. The Morgan fingerprint density at radius 2 is 2.20 bits per heavy atom. The highest BCUT2D eigenvalue weighted by Crippen LogP contribution is 2.45. The second kappa shape index (κ2) is 5.40. The first kappa shape index (κ1) is 15.1. The van der Waals surface area contributed by atoms with Crippen LogP contribution in [0.5, 0.6) is 0 Å². The average molecular weight is 373 g/mol. The predicted molar refractivity (Wildman–Crippen MR) is 97.0 cm³/mol. The largest absolute Gasteiger partial charge is 0.301 e. The normalized spacial score (nSPS) is 22.3. The minimum absolute atomic E-state index is 0.00989. The number of halogens is 1. The van der Waals surface area contributed by atoms with E-state index in [0.29, 0.717) is 11.6 Å². The number of hydrogen-bond acceptors (Lipinski definition) is 5. The highest BCUT2D eigenvalue weighted by atomic mass is 32.2. The van der Waals surface area contributed by atoms with E-state index < -0.39 is 0 Å². The molecule has 0 bridgehead atoms. The number of benzene rings is 2. The molecule has 2 amide bonds. The van der Waals surface area contributed by atoms with Gasteiger partial charge in [-0.05, 0) is 48.0 Å². The second-order valence-electron chi connectivity index (χ2n) is 6.14. The molecule has 5 rings (SSSR count). The maximum atomic E-state index is 13.4. The predicted octanol–water partition coefficient (Wildman–Crippen LogP) is 3.55. The van der Waals surface area contributed by atoms with E-state index in [9.17, 15) is 14.0 Å². The van der Waals surface area contributed by atoms with E-state index in [1.165, 1.54) is 35.4 Å². The summed E-state index contributed by atoms with van der Waals surface area (Å²) in [5, 5.41) is 4.90. The molecule has 0 aliphatic carbocycles. The third-order valence-corrected chi connectivity index (χ3v) is 7.08. The monoisotopic (exact) mass is 373 g/mol.